The quantitative estimate of drug-likeness (QED) is 0.497. The number of benzene rings is 1. The molecule has 8 heteroatoms. The van der Waals surface area contributed by atoms with E-state index in [9.17, 15) is 26.3 Å². The Morgan fingerprint density at radius 1 is 1.18 bits per heavy atom. The normalized spacial score (nSPS) is 14.1. The summed E-state index contributed by atoms with van der Waals surface area (Å²) in [5.41, 5.74) is -0.359. The van der Waals surface area contributed by atoms with Crippen molar-refractivity contribution in [3.05, 3.63) is 35.1 Å². The minimum Gasteiger partial charge on any atom is -0.271 e. The first-order valence-electron chi connectivity index (χ1n) is 4.38. The maximum absolute atomic E-state index is 12.9. The van der Waals surface area contributed by atoms with Crippen LogP contribution in [-0.4, -0.2) is 6.43 Å². The van der Waals surface area contributed by atoms with Crippen LogP contribution in [0.3, 0.4) is 0 Å². The molecule has 0 saturated carbocycles. The smallest absolute Gasteiger partial charge is 0.271 e. The summed E-state index contributed by atoms with van der Waals surface area (Å²) >= 11 is 0. The van der Waals surface area contributed by atoms with Gasteiger partial charge in [-0.3, -0.25) is 5.84 Å². The molecule has 0 heterocycles. The fourth-order valence-corrected chi connectivity index (χ4v) is 1.27. The fourth-order valence-electron chi connectivity index (χ4n) is 1.27. The van der Waals surface area contributed by atoms with Gasteiger partial charge in [0, 0.05) is 0 Å². The van der Waals surface area contributed by atoms with Gasteiger partial charge in [0.05, 0.1) is 5.56 Å². The molecule has 2 nitrogen and oxygen atoms in total. The zero-order valence-corrected chi connectivity index (χ0v) is 8.23. The number of nitrogens with two attached hydrogens (primary N) is 1. The van der Waals surface area contributed by atoms with Crippen LogP contribution in [0.25, 0.3) is 0 Å². The second kappa shape index (κ2) is 4.92. The molecular weight excluding hydrogens is 250 g/mol. The number of rotatable bonds is 3. The third-order valence-corrected chi connectivity index (χ3v) is 2.09. The Labute approximate surface area is 92.4 Å². The van der Waals surface area contributed by atoms with E-state index < -0.39 is 35.6 Å². The molecule has 0 aliphatic carbocycles. The van der Waals surface area contributed by atoms with Crippen molar-refractivity contribution in [1.82, 2.24) is 5.43 Å². The molecule has 0 aliphatic heterocycles. The molecule has 0 saturated heterocycles. The van der Waals surface area contributed by atoms with Crippen molar-refractivity contribution in [3.8, 4) is 0 Å². The van der Waals surface area contributed by atoms with Gasteiger partial charge in [0.2, 0.25) is 0 Å². The highest BCUT2D eigenvalue weighted by molar-refractivity contribution is 5.29. The highest BCUT2D eigenvalue weighted by Crippen LogP contribution is 2.33. The van der Waals surface area contributed by atoms with Crippen LogP contribution in [0.1, 0.15) is 17.2 Å². The summed E-state index contributed by atoms with van der Waals surface area (Å²) in [6.07, 6.45) is -7.95. The Bertz CT molecular complexity index is 390. The lowest BCUT2D eigenvalue weighted by molar-refractivity contribution is -0.140. The Hall–Kier alpha value is -1.28. The van der Waals surface area contributed by atoms with Crippen molar-refractivity contribution in [2.45, 2.75) is 18.6 Å². The summed E-state index contributed by atoms with van der Waals surface area (Å²) in [6, 6.07) is -0.172. The predicted octanol–water partition coefficient (Wildman–Crippen LogP) is 2.61. The van der Waals surface area contributed by atoms with Gasteiger partial charge in [-0.05, 0) is 17.7 Å². The summed E-state index contributed by atoms with van der Waals surface area (Å²) in [7, 11) is 0. The van der Waals surface area contributed by atoms with Crippen molar-refractivity contribution >= 4 is 0 Å². The third kappa shape index (κ3) is 3.10. The lowest BCUT2D eigenvalue weighted by Gasteiger charge is -2.17. The van der Waals surface area contributed by atoms with Crippen LogP contribution in [0.2, 0.25) is 0 Å². The van der Waals surface area contributed by atoms with E-state index in [-0.39, 0.29) is 0 Å². The summed E-state index contributed by atoms with van der Waals surface area (Å²) < 4.78 is 74.6. The minimum atomic E-state index is -4.94. The Balaban J connectivity index is 3.21. The van der Waals surface area contributed by atoms with E-state index in [0.29, 0.717) is 12.1 Å². The summed E-state index contributed by atoms with van der Waals surface area (Å²) in [5, 5.41) is 0. The van der Waals surface area contributed by atoms with Crippen LogP contribution < -0.4 is 11.3 Å². The van der Waals surface area contributed by atoms with Gasteiger partial charge in [0.25, 0.3) is 6.43 Å². The lowest BCUT2D eigenvalue weighted by atomic mass is 10.0. The lowest BCUT2D eigenvalue weighted by Crippen LogP contribution is -2.33. The molecule has 1 atom stereocenters. The van der Waals surface area contributed by atoms with Crippen LogP contribution in [0.5, 0.6) is 0 Å². The topological polar surface area (TPSA) is 38.0 Å². The first kappa shape index (κ1) is 13.8. The molecule has 0 aliphatic rings. The second-order valence-electron chi connectivity index (χ2n) is 3.22. The molecule has 0 amide bonds. The third-order valence-electron chi connectivity index (χ3n) is 2.09. The summed E-state index contributed by atoms with van der Waals surface area (Å²) in [6.45, 7) is 0. The standard InChI is InChI=1S/C9H8F6N2/c10-6-2-1-4(7(17-16)8(11)12)3-5(6)9(13,14)15/h1-3,7-8,17H,16H2. The molecule has 0 fully saturated rings. The van der Waals surface area contributed by atoms with Crippen LogP contribution in [0, 0.1) is 5.82 Å². The Morgan fingerprint density at radius 3 is 2.18 bits per heavy atom. The molecule has 1 rings (SSSR count). The Kier molecular flexibility index (Phi) is 3.99. The van der Waals surface area contributed by atoms with Gasteiger partial charge in [-0.1, -0.05) is 6.07 Å². The molecule has 1 aromatic carbocycles. The van der Waals surface area contributed by atoms with Gasteiger partial charge in [0.1, 0.15) is 11.9 Å². The Morgan fingerprint density at radius 2 is 1.76 bits per heavy atom. The van der Waals surface area contributed by atoms with Crippen LogP contribution in [0.15, 0.2) is 18.2 Å². The second-order valence-corrected chi connectivity index (χ2v) is 3.22. The zero-order valence-electron chi connectivity index (χ0n) is 8.23. The van der Waals surface area contributed by atoms with Crippen molar-refractivity contribution in [2.75, 3.05) is 0 Å². The maximum atomic E-state index is 12.9. The maximum Gasteiger partial charge on any atom is 0.419 e. The molecule has 0 bridgehead atoms. The molecule has 17 heavy (non-hydrogen) atoms. The molecule has 0 spiro atoms. The van der Waals surface area contributed by atoms with Gasteiger partial charge >= 0.3 is 6.18 Å². The average Bonchev–Trinajstić information content (AvgIpc) is 2.19. The largest absolute Gasteiger partial charge is 0.419 e. The summed E-state index contributed by atoms with van der Waals surface area (Å²) in [5.74, 6) is 3.28. The summed E-state index contributed by atoms with van der Waals surface area (Å²) in [4.78, 5) is 0. The molecule has 0 aromatic heterocycles. The van der Waals surface area contributed by atoms with E-state index >= 15 is 0 Å². The first-order valence-corrected chi connectivity index (χ1v) is 4.38. The molecular formula is C9H8F6N2. The van der Waals surface area contributed by atoms with Gasteiger partial charge in [-0.15, -0.1) is 0 Å². The van der Waals surface area contributed by atoms with E-state index in [4.69, 9.17) is 5.84 Å². The van der Waals surface area contributed by atoms with Gasteiger partial charge in [0.15, 0.2) is 0 Å². The van der Waals surface area contributed by atoms with Crippen LogP contribution >= 0.6 is 0 Å². The highest BCUT2D eigenvalue weighted by Gasteiger charge is 2.35. The first-order chi connectivity index (χ1) is 7.77. The van der Waals surface area contributed by atoms with Crippen molar-refractivity contribution in [2.24, 2.45) is 5.84 Å². The van der Waals surface area contributed by atoms with E-state index in [1.807, 2.05) is 0 Å². The highest BCUT2D eigenvalue weighted by atomic mass is 19.4. The van der Waals surface area contributed by atoms with E-state index in [0.717, 1.165) is 6.07 Å². The van der Waals surface area contributed by atoms with Gasteiger partial charge in [-0.25, -0.2) is 18.6 Å². The number of hydrogen-bond donors (Lipinski definition) is 2. The van der Waals surface area contributed by atoms with Crippen molar-refractivity contribution in [3.63, 3.8) is 0 Å². The average molecular weight is 258 g/mol. The van der Waals surface area contributed by atoms with E-state index in [1.165, 1.54) is 0 Å². The van der Waals surface area contributed by atoms with Gasteiger partial charge < -0.3 is 0 Å². The number of alkyl halides is 5. The van der Waals surface area contributed by atoms with Crippen LogP contribution in [-0.2, 0) is 6.18 Å². The zero-order chi connectivity index (χ0) is 13.2. The number of halogens is 6. The number of hydrazine groups is 1. The monoisotopic (exact) mass is 258 g/mol. The minimum absolute atomic E-state index is 0.312. The van der Waals surface area contributed by atoms with E-state index in [1.54, 1.807) is 5.43 Å². The molecule has 1 aromatic rings. The van der Waals surface area contributed by atoms with Crippen LogP contribution in [0.4, 0.5) is 26.3 Å². The number of hydrogen-bond acceptors (Lipinski definition) is 2. The van der Waals surface area contributed by atoms with Crippen molar-refractivity contribution in [1.29, 1.82) is 0 Å². The fraction of sp³-hybridized carbons (Fsp3) is 0.333. The predicted molar refractivity (Wildman–Crippen MR) is 47.5 cm³/mol. The molecule has 96 valence electrons. The van der Waals surface area contributed by atoms with Crippen molar-refractivity contribution < 1.29 is 26.3 Å². The molecule has 3 N–H and O–H groups in total. The molecule has 0 radical (unpaired) electrons. The molecule has 1 unspecified atom stereocenters. The SMILES string of the molecule is NNC(c1ccc(F)c(C(F)(F)F)c1)C(F)F. The van der Waals surface area contributed by atoms with E-state index in [2.05, 4.69) is 0 Å². The number of nitrogens with one attached hydrogen (secondary N) is 1. The van der Waals surface area contributed by atoms with Gasteiger partial charge in [-0.2, -0.15) is 13.2 Å².